The second kappa shape index (κ2) is 13.7. The first kappa shape index (κ1) is 28.1. The number of nitrogens with one attached hydrogen (secondary N) is 2. The fourth-order valence-electron chi connectivity index (χ4n) is 5.16. The molecule has 0 spiro atoms. The molecule has 41 heavy (non-hydrogen) atoms. The molecule has 1 saturated heterocycles. The molecular formula is C32H35N5O4. The summed E-state index contributed by atoms with van der Waals surface area (Å²) < 4.78 is 5.42. The predicted octanol–water partition coefficient (Wildman–Crippen LogP) is 3.96. The van der Waals surface area contributed by atoms with Crippen LogP contribution in [0.3, 0.4) is 0 Å². The molecule has 2 atom stereocenters. The van der Waals surface area contributed by atoms with E-state index in [0.29, 0.717) is 12.2 Å². The van der Waals surface area contributed by atoms with Crippen molar-refractivity contribution in [2.24, 2.45) is 9.98 Å². The van der Waals surface area contributed by atoms with Crippen molar-refractivity contribution in [3.8, 4) is 5.75 Å². The highest BCUT2D eigenvalue weighted by molar-refractivity contribution is 6.10. The smallest absolute Gasteiger partial charge is 0.263 e. The Morgan fingerprint density at radius 3 is 2.95 bits per heavy atom. The standard InChI is InChI=1S/C32H35N5O4/c1-33-29(16-17-34-22-35-31(39)21-40-27-10-3-2-4-11-27)23-12-14-28-30(15-13-23)36-41-32(28)24-7-5-8-25(19-24)37-18-6-9-26(37)20-38/h2-5,7-8,10-13,15-17,19,22,26,30,36,38H,6,9,14,18,20-21H2,1H3,(H,34,35,39)/b17-16-,33-29?. The first-order valence-electron chi connectivity index (χ1n) is 13.8. The maximum atomic E-state index is 12.0. The quantitative estimate of drug-likeness (QED) is 0.304. The number of aliphatic hydroxyl groups excluding tert-OH is 1. The molecule has 2 heterocycles. The van der Waals surface area contributed by atoms with Crippen LogP contribution in [0.5, 0.6) is 5.75 Å². The van der Waals surface area contributed by atoms with Gasteiger partial charge in [0, 0.05) is 36.6 Å². The molecule has 0 radical (unpaired) electrons. The lowest BCUT2D eigenvalue weighted by atomic mass is 10.00. The zero-order valence-electron chi connectivity index (χ0n) is 23.1. The number of anilines is 1. The number of allylic oxidation sites excluding steroid dienone is 4. The van der Waals surface area contributed by atoms with E-state index in [-0.39, 0.29) is 31.2 Å². The van der Waals surface area contributed by atoms with Gasteiger partial charge in [0.25, 0.3) is 5.91 Å². The number of nitrogens with zero attached hydrogens (tertiary/aromatic N) is 3. The van der Waals surface area contributed by atoms with Gasteiger partial charge in [-0.3, -0.25) is 9.79 Å². The van der Waals surface area contributed by atoms with Gasteiger partial charge in [-0.15, -0.1) is 5.48 Å². The van der Waals surface area contributed by atoms with Gasteiger partial charge in [0.05, 0.1) is 30.7 Å². The maximum Gasteiger partial charge on any atom is 0.263 e. The van der Waals surface area contributed by atoms with E-state index in [4.69, 9.17) is 9.57 Å². The van der Waals surface area contributed by atoms with E-state index in [1.165, 1.54) is 6.34 Å². The van der Waals surface area contributed by atoms with Gasteiger partial charge in [0.2, 0.25) is 0 Å². The van der Waals surface area contributed by atoms with Crippen LogP contribution < -0.4 is 20.4 Å². The number of aliphatic hydroxyl groups is 1. The lowest BCUT2D eigenvalue weighted by molar-refractivity contribution is -0.121. The summed E-state index contributed by atoms with van der Waals surface area (Å²) in [5.74, 6) is 1.17. The third-order valence-electron chi connectivity index (χ3n) is 7.26. The predicted molar refractivity (Wildman–Crippen MR) is 162 cm³/mol. The van der Waals surface area contributed by atoms with E-state index in [1.54, 1.807) is 31.5 Å². The highest BCUT2D eigenvalue weighted by Gasteiger charge is 2.29. The van der Waals surface area contributed by atoms with Gasteiger partial charge < -0.3 is 24.9 Å². The van der Waals surface area contributed by atoms with Gasteiger partial charge in [-0.25, -0.2) is 4.99 Å². The molecule has 0 saturated carbocycles. The third-order valence-corrected chi connectivity index (χ3v) is 7.26. The number of rotatable bonds is 10. The monoisotopic (exact) mass is 553 g/mol. The average molecular weight is 554 g/mol. The van der Waals surface area contributed by atoms with Gasteiger partial charge >= 0.3 is 0 Å². The molecule has 0 aromatic heterocycles. The maximum absolute atomic E-state index is 12.0. The SMILES string of the molecule is CN=C(/C=C\N=CNC(=O)COc1ccccc1)C1=CCC2=C(c3cccc(N4CCCC4CO)c3)ONC2C=C1. The largest absolute Gasteiger partial charge is 0.484 e. The van der Waals surface area contributed by atoms with Crippen LogP contribution >= 0.6 is 0 Å². The minimum Gasteiger partial charge on any atom is -0.484 e. The van der Waals surface area contributed by atoms with Crippen LogP contribution in [-0.4, -0.2) is 62.0 Å². The Labute approximate surface area is 240 Å². The highest BCUT2D eigenvalue weighted by atomic mass is 16.7. The summed E-state index contributed by atoms with van der Waals surface area (Å²) in [4.78, 5) is 28.8. The van der Waals surface area contributed by atoms with Crippen LogP contribution in [0.1, 0.15) is 24.8 Å². The van der Waals surface area contributed by atoms with E-state index in [1.807, 2.05) is 30.3 Å². The summed E-state index contributed by atoms with van der Waals surface area (Å²) in [6.45, 7) is 1.01. The highest BCUT2D eigenvalue weighted by Crippen LogP contribution is 2.35. The van der Waals surface area contributed by atoms with E-state index in [2.05, 4.69) is 56.0 Å². The summed E-state index contributed by atoms with van der Waals surface area (Å²) in [6.07, 6.45) is 13.7. The zero-order chi connectivity index (χ0) is 28.4. The lowest BCUT2D eigenvalue weighted by Gasteiger charge is -2.25. The number of carbonyl (C=O) groups excluding carboxylic acids is 1. The molecule has 2 aliphatic heterocycles. The van der Waals surface area contributed by atoms with Crippen molar-refractivity contribution in [2.45, 2.75) is 31.3 Å². The number of hydrogen-bond acceptors (Lipinski definition) is 8. The molecule has 3 aliphatic rings. The third kappa shape index (κ3) is 7.00. The Balaban J connectivity index is 1.21. The number of fused-ring (bicyclic) bond motifs is 1. The average Bonchev–Trinajstić information content (AvgIpc) is 3.61. The van der Waals surface area contributed by atoms with Crippen molar-refractivity contribution in [3.05, 3.63) is 102 Å². The van der Waals surface area contributed by atoms with Crippen molar-refractivity contribution in [2.75, 3.05) is 31.7 Å². The Morgan fingerprint density at radius 2 is 2.12 bits per heavy atom. The number of carbonyl (C=O) groups is 1. The fraction of sp³-hybridized carbons (Fsp3) is 0.281. The van der Waals surface area contributed by atoms with Crippen molar-refractivity contribution in [3.63, 3.8) is 0 Å². The van der Waals surface area contributed by atoms with Crippen molar-refractivity contribution < 1.29 is 19.5 Å². The molecule has 9 nitrogen and oxygen atoms in total. The first-order chi connectivity index (χ1) is 20.2. The van der Waals surface area contributed by atoms with E-state index in [9.17, 15) is 9.90 Å². The molecule has 9 heteroatoms. The second-order valence-electron chi connectivity index (χ2n) is 9.87. The van der Waals surface area contributed by atoms with Gasteiger partial charge in [-0.2, -0.15) is 0 Å². The molecule has 1 fully saturated rings. The molecule has 1 amide bonds. The number of hydrogen-bond donors (Lipinski definition) is 3. The van der Waals surface area contributed by atoms with Crippen molar-refractivity contribution in [1.82, 2.24) is 10.8 Å². The van der Waals surface area contributed by atoms with Crippen LogP contribution in [0.4, 0.5) is 5.69 Å². The molecule has 2 unspecified atom stereocenters. The van der Waals surface area contributed by atoms with Crippen molar-refractivity contribution >= 4 is 29.4 Å². The van der Waals surface area contributed by atoms with Gasteiger partial charge in [-0.05, 0) is 55.2 Å². The lowest BCUT2D eigenvalue weighted by Crippen LogP contribution is -2.31. The molecule has 2 aromatic rings. The molecule has 5 rings (SSSR count). The van der Waals surface area contributed by atoms with Crippen LogP contribution in [0.2, 0.25) is 0 Å². The summed E-state index contributed by atoms with van der Waals surface area (Å²) in [5, 5.41) is 12.4. The number of hydroxylamine groups is 1. The van der Waals surface area contributed by atoms with Crippen LogP contribution in [0.15, 0.2) is 106 Å². The number of ether oxygens (including phenoxy) is 1. The van der Waals surface area contributed by atoms with Crippen LogP contribution in [0, 0.1) is 0 Å². The summed E-state index contributed by atoms with van der Waals surface area (Å²) in [5.41, 5.74) is 8.14. The molecule has 0 bridgehead atoms. The number of amides is 1. The second-order valence-corrected chi connectivity index (χ2v) is 9.87. The fourth-order valence-corrected chi connectivity index (χ4v) is 5.16. The molecule has 1 aliphatic carbocycles. The van der Waals surface area contributed by atoms with E-state index in [0.717, 1.165) is 53.3 Å². The zero-order valence-corrected chi connectivity index (χ0v) is 23.1. The molecule has 212 valence electrons. The Hall–Kier alpha value is -4.47. The first-order valence-corrected chi connectivity index (χ1v) is 13.8. The number of benzene rings is 2. The number of aliphatic imine (C=N–C) groups is 2. The molecule has 3 N–H and O–H groups in total. The summed E-state index contributed by atoms with van der Waals surface area (Å²) in [6, 6.07) is 17.6. The Bertz CT molecular complexity index is 1410. The Kier molecular flexibility index (Phi) is 9.41. The Morgan fingerprint density at radius 1 is 1.24 bits per heavy atom. The minimum absolute atomic E-state index is 0.0483. The van der Waals surface area contributed by atoms with Gasteiger partial charge in [0.15, 0.2) is 12.4 Å². The summed E-state index contributed by atoms with van der Waals surface area (Å²) in [7, 11) is 1.74. The normalized spacial score (nSPS) is 20.8. The molecule has 2 aromatic carbocycles. The van der Waals surface area contributed by atoms with Crippen LogP contribution in [-0.2, 0) is 9.63 Å². The topological polar surface area (TPSA) is 108 Å². The van der Waals surface area contributed by atoms with E-state index < -0.39 is 0 Å². The van der Waals surface area contributed by atoms with Gasteiger partial charge in [0.1, 0.15) is 5.75 Å². The molecular weight excluding hydrogens is 518 g/mol. The van der Waals surface area contributed by atoms with Crippen LogP contribution in [0.25, 0.3) is 5.76 Å². The van der Waals surface area contributed by atoms with Gasteiger partial charge in [-0.1, -0.05) is 48.6 Å². The number of para-hydroxylation sites is 1. The van der Waals surface area contributed by atoms with Crippen molar-refractivity contribution in [1.29, 1.82) is 0 Å². The minimum atomic E-state index is -0.297. The van der Waals surface area contributed by atoms with E-state index >= 15 is 0 Å². The summed E-state index contributed by atoms with van der Waals surface area (Å²) >= 11 is 0.